The Balaban J connectivity index is 2.61. The van der Waals surface area contributed by atoms with Crippen molar-refractivity contribution >= 4 is 0 Å². The van der Waals surface area contributed by atoms with E-state index in [4.69, 9.17) is 5.73 Å². The van der Waals surface area contributed by atoms with Crippen molar-refractivity contribution in [3.05, 3.63) is 0 Å². The Morgan fingerprint density at radius 1 is 1.31 bits per heavy atom. The highest BCUT2D eigenvalue weighted by Gasteiger charge is 2.33. The van der Waals surface area contributed by atoms with E-state index in [1.807, 2.05) is 0 Å². The van der Waals surface area contributed by atoms with Gasteiger partial charge in [-0.25, -0.2) is 0 Å². The SMILES string of the molecule is CCN(C)C1C(C)CC(C)CC1N. The molecule has 78 valence electrons. The fourth-order valence-corrected chi connectivity index (χ4v) is 2.87. The third kappa shape index (κ3) is 2.44. The lowest BCUT2D eigenvalue weighted by Crippen LogP contribution is -2.53. The first-order chi connectivity index (χ1) is 6.06. The molecule has 0 saturated heterocycles. The predicted octanol–water partition coefficient (Wildman–Crippen LogP) is 1.70. The second-order valence-electron chi connectivity index (χ2n) is 4.78. The molecule has 4 unspecified atom stereocenters. The molecule has 0 aromatic carbocycles. The van der Waals surface area contributed by atoms with Crippen molar-refractivity contribution in [1.29, 1.82) is 0 Å². The fourth-order valence-electron chi connectivity index (χ4n) is 2.87. The Bertz CT molecular complexity index is 146. The summed E-state index contributed by atoms with van der Waals surface area (Å²) in [5.41, 5.74) is 6.19. The monoisotopic (exact) mass is 184 g/mol. The van der Waals surface area contributed by atoms with E-state index in [2.05, 4.69) is 32.7 Å². The van der Waals surface area contributed by atoms with E-state index >= 15 is 0 Å². The van der Waals surface area contributed by atoms with Gasteiger partial charge >= 0.3 is 0 Å². The van der Waals surface area contributed by atoms with Crippen LogP contribution in [-0.2, 0) is 0 Å². The van der Waals surface area contributed by atoms with Crippen molar-refractivity contribution in [1.82, 2.24) is 4.90 Å². The van der Waals surface area contributed by atoms with E-state index in [1.165, 1.54) is 12.8 Å². The second-order valence-corrected chi connectivity index (χ2v) is 4.78. The van der Waals surface area contributed by atoms with Gasteiger partial charge in [-0.2, -0.15) is 0 Å². The van der Waals surface area contributed by atoms with Crippen LogP contribution in [-0.4, -0.2) is 30.6 Å². The minimum Gasteiger partial charge on any atom is -0.326 e. The van der Waals surface area contributed by atoms with Gasteiger partial charge in [0.1, 0.15) is 0 Å². The summed E-state index contributed by atoms with van der Waals surface area (Å²) < 4.78 is 0. The summed E-state index contributed by atoms with van der Waals surface area (Å²) >= 11 is 0. The molecule has 0 heterocycles. The van der Waals surface area contributed by atoms with Crippen LogP contribution in [0, 0.1) is 11.8 Å². The normalized spacial score (nSPS) is 41.1. The summed E-state index contributed by atoms with van der Waals surface area (Å²) in [6.07, 6.45) is 2.53. The molecular weight excluding hydrogens is 160 g/mol. The number of hydrogen-bond donors (Lipinski definition) is 1. The lowest BCUT2D eigenvalue weighted by Gasteiger charge is -2.42. The zero-order valence-corrected chi connectivity index (χ0v) is 9.46. The number of likely N-dealkylation sites (N-methyl/N-ethyl adjacent to an activating group) is 1. The molecule has 1 fully saturated rings. The Morgan fingerprint density at radius 3 is 2.38 bits per heavy atom. The quantitative estimate of drug-likeness (QED) is 0.708. The first-order valence-electron chi connectivity index (χ1n) is 5.52. The number of nitrogens with two attached hydrogens (primary N) is 1. The smallest absolute Gasteiger partial charge is 0.0269 e. The molecule has 0 aromatic heterocycles. The Hall–Kier alpha value is -0.0800. The molecule has 2 N–H and O–H groups in total. The molecule has 2 nitrogen and oxygen atoms in total. The minimum atomic E-state index is 0.378. The first kappa shape index (κ1) is 11.0. The summed E-state index contributed by atoms with van der Waals surface area (Å²) in [4.78, 5) is 2.40. The van der Waals surface area contributed by atoms with Gasteiger partial charge in [-0.15, -0.1) is 0 Å². The van der Waals surface area contributed by atoms with E-state index in [-0.39, 0.29) is 0 Å². The molecule has 2 heteroatoms. The molecule has 0 spiro atoms. The highest BCUT2D eigenvalue weighted by atomic mass is 15.1. The van der Waals surface area contributed by atoms with Crippen molar-refractivity contribution in [3.63, 3.8) is 0 Å². The Kier molecular flexibility index (Phi) is 3.74. The van der Waals surface area contributed by atoms with Gasteiger partial charge in [0.2, 0.25) is 0 Å². The molecule has 13 heavy (non-hydrogen) atoms. The Labute approximate surface area is 82.5 Å². The molecule has 1 aliphatic rings. The molecule has 0 amide bonds. The van der Waals surface area contributed by atoms with Gasteiger partial charge in [0.15, 0.2) is 0 Å². The van der Waals surface area contributed by atoms with Crippen LogP contribution >= 0.6 is 0 Å². The number of nitrogens with zero attached hydrogens (tertiary/aromatic N) is 1. The topological polar surface area (TPSA) is 29.3 Å². The van der Waals surface area contributed by atoms with Gasteiger partial charge in [-0.1, -0.05) is 20.8 Å². The molecule has 1 rings (SSSR count). The highest BCUT2D eigenvalue weighted by molar-refractivity contribution is 4.90. The van der Waals surface area contributed by atoms with Crippen LogP contribution in [0.5, 0.6) is 0 Å². The lowest BCUT2D eigenvalue weighted by atomic mass is 9.76. The maximum atomic E-state index is 6.19. The van der Waals surface area contributed by atoms with Gasteiger partial charge in [0, 0.05) is 12.1 Å². The van der Waals surface area contributed by atoms with Gasteiger partial charge in [0.05, 0.1) is 0 Å². The fraction of sp³-hybridized carbons (Fsp3) is 1.00. The van der Waals surface area contributed by atoms with Crippen molar-refractivity contribution in [3.8, 4) is 0 Å². The van der Waals surface area contributed by atoms with E-state index in [0.717, 1.165) is 18.4 Å². The molecule has 0 aromatic rings. The third-order valence-corrected chi connectivity index (χ3v) is 3.48. The van der Waals surface area contributed by atoms with Gasteiger partial charge in [-0.3, -0.25) is 0 Å². The summed E-state index contributed by atoms with van der Waals surface area (Å²) in [6.45, 7) is 7.97. The zero-order valence-electron chi connectivity index (χ0n) is 9.46. The van der Waals surface area contributed by atoms with Crippen LogP contribution in [0.3, 0.4) is 0 Å². The van der Waals surface area contributed by atoms with Crippen molar-refractivity contribution in [2.24, 2.45) is 17.6 Å². The second kappa shape index (κ2) is 4.43. The number of rotatable bonds is 2. The van der Waals surface area contributed by atoms with E-state index in [1.54, 1.807) is 0 Å². The van der Waals surface area contributed by atoms with Crippen LogP contribution in [0.1, 0.15) is 33.6 Å². The lowest BCUT2D eigenvalue weighted by molar-refractivity contribution is 0.101. The molecule has 4 atom stereocenters. The highest BCUT2D eigenvalue weighted by Crippen LogP contribution is 2.30. The minimum absolute atomic E-state index is 0.378. The van der Waals surface area contributed by atoms with Crippen LogP contribution < -0.4 is 5.73 Å². The van der Waals surface area contributed by atoms with Crippen LogP contribution in [0.15, 0.2) is 0 Å². The maximum Gasteiger partial charge on any atom is 0.0269 e. The van der Waals surface area contributed by atoms with E-state index in [9.17, 15) is 0 Å². The Morgan fingerprint density at radius 2 is 1.92 bits per heavy atom. The van der Waals surface area contributed by atoms with Crippen LogP contribution in [0.25, 0.3) is 0 Å². The molecule has 0 radical (unpaired) electrons. The summed E-state index contributed by atoms with van der Waals surface area (Å²) in [7, 11) is 2.19. The summed E-state index contributed by atoms with van der Waals surface area (Å²) in [6, 6.07) is 0.977. The molecule has 1 saturated carbocycles. The molecule has 0 aliphatic heterocycles. The van der Waals surface area contributed by atoms with Crippen LogP contribution in [0.2, 0.25) is 0 Å². The largest absolute Gasteiger partial charge is 0.326 e. The van der Waals surface area contributed by atoms with Gasteiger partial charge in [0.25, 0.3) is 0 Å². The van der Waals surface area contributed by atoms with Crippen molar-refractivity contribution < 1.29 is 0 Å². The standard InChI is InChI=1S/C11H24N2/c1-5-13(4)11-9(3)6-8(2)7-10(11)12/h8-11H,5-7,12H2,1-4H3. The van der Waals surface area contributed by atoms with E-state index in [0.29, 0.717) is 12.1 Å². The average Bonchev–Trinajstić information content (AvgIpc) is 2.02. The van der Waals surface area contributed by atoms with Crippen molar-refractivity contribution in [2.75, 3.05) is 13.6 Å². The zero-order chi connectivity index (χ0) is 10.0. The predicted molar refractivity (Wildman–Crippen MR) is 57.6 cm³/mol. The first-order valence-corrected chi connectivity index (χ1v) is 5.52. The average molecular weight is 184 g/mol. The van der Waals surface area contributed by atoms with Crippen molar-refractivity contribution in [2.45, 2.75) is 45.7 Å². The molecular formula is C11H24N2. The maximum absolute atomic E-state index is 6.19. The van der Waals surface area contributed by atoms with Gasteiger partial charge < -0.3 is 10.6 Å². The van der Waals surface area contributed by atoms with Crippen LogP contribution in [0.4, 0.5) is 0 Å². The summed E-state index contributed by atoms with van der Waals surface area (Å²) in [5, 5.41) is 0. The van der Waals surface area contributed by atoms with E-state index < -0.39 is 0 Å². The van der Waals surface area contributed by atoms with Gasteiger partial charge in [-0.05, 0) is 38.3 Å². The molecule has 0 bridgehead atoms. The summed E-state index contributed by atoms with van der Waals surface area (Å²) in [5.74, 6) is 1.57. The molecule has 1 aliphatic carbocycles. The third-order valence-electron chi connectivity index (χ3n) is 3.48. The number of hydrogen-bond acceptors (Lipinski definition) is 2.